The van der Waals surface area contributed by atoms with Crippen LogP contribution in [0.1, 0.15) is 11.1 Å². The van der Waals surface area contributed by atoms with Crippen LogP contribution in [-0.2, 0) is 4.79 Å². The molecule has 3 nitrogen and oxygen atoms in total. The molecule has 100 valence electrons. The van der Waals surface area contributed by atoms with Crippen LogP contribution in [0.25, 0.3) is 0 Å². The van der Waals surface area contributed by atoms with Crippen LogP contribution in [0.5, 0.6) is 0 Å². The number of hydrogen-bond acceptors (Lipinski definition) is 2. The quantitative estimate of drug-likeness (QED) is 0.740. The van der Waals surface area contributed by atoms with Crippen molar-refractivity contribution in [2.45, 2.75) is 0 Å². The molecule has 0 fully saturated rings. The van der Waals surface area contributed by atoms with E-state index in [1.807, 2.05) is 30.3 Å². The molecule has 0 atom stereocenters. The predicted molar refractivity (Wildman–Crippen MR) is 81.7 cm³/mol. The SMILES string of the molecule is O=C1CN=C(c2ccccc2)c2cc(Cl)ccc2N1Cl. The van der Waals surface area contributed by atoms with Gasteiger partial charge >= 0.3 is 0 Å². The molecule has 0 radical (unpaired) electrons. The van der Waals surface area contributed by atoms with Crippen molar-refractivity contribution in [3.8, 4) is 0 Å². The number of rotatable bonds is 1. The molecule has 2 aromatic rings. The smallest absolute Gasteiger partial charge is 0.263 e. The van der Waals surface area contributed by atoms with Crippen molar-refractivity contribution < 1.29 is 4.79 Å². The summed E-state index contributed by atoms with van der Waals surface area (Å²) in [5, 5.41) is 0.576. The van der Waals surface area contributed by atoms with Crippen molar-refractivity contribution in [3.05, 3.63) is 64.7 Å². The van der Waals surface area contributed by atoms with Crippen LogP contribution in [0.4, 0.5) is 5.69 Å². The van der Waals surface area contributed by atoms with Gasteiger partial charge in [0.2, 0.25) is 0 Å². The van der Waals surface area contributed by atoms with Gasteiger partial charge in [0.05, 0.1) is 11.4 Å². The first kappa shape index (κ1) is 13.2. The van der Waals surface area contributed by atoms with Crippen LogP contribution in [0.3, 0.4) is 0 Å². The second-order valence-electron chi connectivity index (χ2n) is 4.37. The molecule has 0 spiro atoms. The van der Waals surface area contributed by atoms with Crippen molar-refractivity contribution in [2.75, 3.05) is 11.0 Å². The summed E-state index contributed by atoms with van der Waals surface area (Å²) in [4.78, 5) is 16.3. The average molecular weight is 305 g/mol. The minimum Gasteiger partial charge on any atom is -0.274 e. The van der Waals surface area contributed by atoms with Crippen LogP contribution in [-0.4, -0.2) is 18.2 Å². The maximum atomic E-state index is 11.9. The fraction of sp³-hybridized carbons (Fsp3) is 0.0667. The Morgan fingerprint density at radius 1 is 1.10 bits per heavy atom. The summed E-state index contributed by atoms with van der Waals surface area (Å²) in [6.45, 7) is 0.0139. The molecule has 1 amide bonds. The highest BCUT2D eigenvalue weighted by Gasteiger charge is 2.24. The summed E-state index contributed by atoms with van der Waals surface area (Å²) in [6.07, 6.45) is 0. The number of hydrogen-bond donors (Lipinski definition) is 0. The number of benzene rings is 2. The molecule has 3 rings (SSSR count). The molecule has 0 bridgehead atoms. The Morgan fingerprint density at radius 3 is 2.60 bits per heavy atom. The topological polar surface area (TPSA) is 32.7 Å². The first-order valence-electron chi connectivity index (χ1n) is 6.05. The van der Waals surface area contributed by atoms with Gasteiger partial charge in [-0.3, -0.25) is 9.79 Å². The number of nitrogens with zero attached hydrogens (tertiary/aromatic N) is 2. The Balaban J connectivity index is 2.23. The van der Waals surface area contributed by atoms with Gasteiger partial charge in [-0.15, -0.1) is 0 Å². The third-order valence-corrected chi connectivity index (χ3v) is 3.67. The van der Waals surface area contributed by atoms with E-state index in [9.17, 15) is 4.79 Å². The lowest BCUT2D eigenvalue weighted by atomic mass is 10.0. The molecule has 1 aliphatic rings. The van der Waals surface area contributed by atoms with Gasteiger partial charge in [-0.2, -0.15) is 0 Å². The number of carbonyl (C=O) groups is 1. The zero-order valence-corrected chi connectivity index (χ0v) is 11.9. The van der Waals surface area contributed by atoms with Gasteiger partial charge in [-0.05, 0) is 18.2 Å². The fourth-order valence-electron chi connectivity index (χ4n) is 2.14. The first-order valence-corrected chi connectivity index (χ1v) is 6.77. The van der Waals surface area contributed by atoms with Gasteiger partial charge in [0, 0.05) is 27.9 Å². The third kappa shape index (κ3) is 2.30. The molecular weight excluding hydrogens is 295 g/mol. The number of anilines is 1. The Hall–Kier alpha value is -1.84. The zero-order valence-electron chi connectivity index (χ0n) is 10.4. The highest BCUT2D eigenvalue weighted by Crippen LogP contribution is 2.30. The van der Waals surface area contributed by atoms with E-state index >= 15 is 0 Å². The van der Waals surface area contributed by atoms with Crippen molar-refractivity contribution in [3.63, 3.8) is 0 Å². The van der Waals surface area contributed by atoms with E-state index in [-0.39, 0.29) is 12.5 Å². The van der Waals surface area contributed by atoms with Crippen LogP contribution in [0.2, 0.25) is 5.02 Å². The predicted octanol–water partition coefficient (Wildman–Crippen LogP) is 3.68. The number of amides is 1. The van der Waals surface area contributed by atoms with Gasteiger partial charge in [-0.1, -0.05) is 41.9 Å². The van der Waals surface area contributed by atoms with Crippen molar-refractivity contribution in [1.29, 1.82) is 0 Å². The van der Waals surface area contributed by atoms with Crippen LogP contribution >= 0.6 is 23.4 Å². The van der Waals surface area contributed by atoms with Gasteiger partial charge < -0.3 is 0 Å². The van der Waals surface area contributed by atoms with E-state index in [1.54, 1.807) is 18.2 Å². The van der Waals surface area contributed by atoms with E-state index < -0.39 is 0 Å². The fourth-order valence-corrected chi connectivity index (χ4v) is 2.51. The number of carbonyl (C=O) groups excluding carboxylic acids is 1. The number of halogens is 2. The molecule has 1 aliphatic heterocycles. The Labute approximate surface area is 126 Å². The summed E-state index contributed by atoms with van der Waals surface area (Å²) < 4.78 is 1.10. The van der Waals surface area contributed by atoms with E-state index in [1.165, 1.54) is 0 Å². The number of fused-ring (bicyclic) bond motifs is 1. The molecule has 0 unspecified atom stereocenters. The Kier molecular flexibility index (Phi) is 3.47. The van der Waals surface area contributed by atoms with Crippen LogP contribution in [0.15, 0.2) is 53.5 Å². The average Bonchev–Trinajstić information content (AvgIpc) is 2.58. The molecule has 2 aromatic carbocycles. The Morgan fingerprint density at radius 2 is 1.85 bits per heavy atom. The summed E-state index contributed by atoms with van der Waals surface area (Å²) in [6, 6.07) is 14.9. The van der Waals surface area contributed by atoms with Crippen LogP contribution in [0, 0.1) is 0 Å². The standard InChI is InChI=1S/C15H10Cl2N2O/c16-11-6-7-13-12(8-11)15(10-4-2-1-3-5-10)18-9-14(20)19(13)17/h1-8H,9H2. The number of benzodiazepines with no additional fused rings is 1. The third-order valence-electron chi connectivity index (χ3n) is 3.06. The highest BCUT2D eigenvalue weighted by atomic mass is 35.5. The number of aliphatic imine (C=N–C) groups is 1. The minimum absolute atomic E-state index is 0.0139. The Bertz CT molecular complexity index is 698. The van der Waals surface area contributed by atoms with E-state index in [0.29, 0.717) is 10.7 Å². The second kappa shape index (κ2) is 5.27. The normalized spacial score (nSPS) is 14.6. The first-order chi connectivity index (χ1) is 9.66. The molecular formula is C15H10Cl2N2O. The molecule has 1 heterocycles. The molecule has 5 heteroatoms. The lowest BCUT2D eigenvalue weighted by Gasteiger charge is -2.15. The molecule has 0 aliphatic carbocycles. The molecule has 0 aromatic heterocycles. The molecule has 20 heavy (non-hydrogen) atoms. The highest BCUT2D eigenvalue weighted by molar-refractivity contribution is 6.39. The summed E-state index contributed by atoms with van der Waals surface area (Å²) in [5.74, 6) is -0.263. The summed E-state index contributed by atoms with van der Waals surface area (Å²) in [5.41, 5.74) is 3.00. The van der Waals surface area contributed by atoms with E-state index in [0.717, 1.165) is 21.3 Å². The van der Waals surface area contributed by atoms with Gasteiger partial charge in [0.15, 0.2) is 0 Å². The lowest BCUT2D eigenvalue weighted by Crippen LogP contribution is -2.22. The maximum absolute atomic E-state index is 11.9. The zero-order chi connectivity index (χ0) is 14.1. The lowest BCUT2D eigenvalue weighted by molar-refractivity contribution is -0.116. The summed E-state index contributed by atoms with van der Waals surface area (Å²) >= 11 is 12.1. The van der Waals surface area contributed by atoms with Crippen LogP contribution < -0.4 is 4.42 Å². The molecule has 0 saturated heterocycles. The van der Waals surface area contributed by atoms with E-state index in [2.05, 4.69) is 4.99 Å². The molecule has 0 saturated carbocycles. The van der Waals surface area contributed by atoms with Crippen molar-refractivity contribution in [1.82, 2.24) is 0 Å². The second-order valence-corrected chi connectivity index (χ2v) is 5.14. The monoisotopic (exact) mass is 304 g/mol. The largest absolute Gasteiger partial charge is 0.274 e. The summed E-state index contributed by atoms with van der Waals surface area (Å²) in [7, 11) is 0. The van der Waals surface area contributed by atoms with Gasteiger partial charge in [0.1, 0.15) is 6.54 Å². The minimum atomic E-state index is -0.263. The van der Waals surface area contributed by atoms with Crippen molar-refractivity contribution in [2.24, 2.45) is 4.99 Å². The van der Waals surface area contributed by atoms with E-state index in [4.69, 9.17) is 23.4 Å². The van der Waals surface area contributed by atoms with Gasteiger partial charge in [0.25, 0.3) is 5.91 Å². The maximum Gasteiger partial charge on any atom is 0.263 e. The molecule has 0 N–H and O–H groups in total. The van der Waals surface area contributed by atoms with Gasteiger partial charge in [-0.25, -0.2) is 4.42 Å². The van der Waals surface area contributed by atoms with Crippen molar-refractivity contribution >= 4 is 40.7 Å².